The van der Waals surface area contributed by atoms with E-state index in [1.165, 1.54) is 0 Å². The highest BCUT2D eigenvalue weighted by molar-refractivity contribution is 5.40. The highest BCUT2D eigenvalue weighted by atomic mass is 16.3. The molecule has 16 heavy (non-hydrogen) atoms. The fourth-order valence-corrected chi connectivity index (χ4v) is 1.49. The van der Waals surface area contributed by atoms with Crippen LogP contribution in [-0.2, 0) is 0 Å². The fraction of sp³-hybridized carbons (Fsp3) is 0.462. The maximum absolute atomic E-state index is 9.48. The summed E-state index contributed by atoms with van der Waals surface area (Å²) >= 11 is 0. The molecule has 1 aromatic heterocycles. The number of nitrogens with zero attached hydrogens (tertiary/aromatic N) is 2. The minimum atomic E-state index is -0.441. The lowest BCUT2D eigenvalue weighted by atomic mass is 10.1. The number of aromatic nitrogens is 1. The number of aliphatic hydroxyl groups excluding tert-OH is 1. The molecule has 1 atom stereocenters. The van der Waals surface area contributed by atoms with E-state index in [0.29, 0.717) is 0 Å². The van der Waals surface area contributed by atoms with Gasteiger partial charge in [-0.25, -0.2) is 4.98 Å². The molecule has 1 N–H and O–H groups in total. The Morgan fingerprint density at radius 2 is 2.38 bits per heavy atom. The molecule has 0 aliphatic rings. The summed E-state index contributed by atoms with van der Waals surface area (Å²) in [6.07, 6.45) is 5.30. The Labute approximate surface area is 97.4 Å². The van der Waals surface area contributed by atoms with Crippen molar-refractivity contribution in [2.75, 3.05) is 18.5 Å². The molecule has 0 radical (unpaired) electrons. The molecule has 0 aliphatic carbocycles. The lowest BCUT2D eigenvalue weighted by Crippen LogP contribution is -2.19. The van der Waals surface area contributed by atoms with Crippen LogP contribution >= 0.6 is 0 Å². The van der Waals surface area contributed by atoms with Crippen LogP contribution in [0.2, 0.25) is 0 Å². The summed E-state index contributed by atoms with van der Waals surface area (Å²) in [5.74, 6) is 0.905. The molecule has 3 heteroatoms. The number of aliphatic hydroxyl groups is 1. The van der Waals surface area contributed by atoms with Crippen LogP contribution in [0.3, 0.4) is 0 Å². The van der Waals surface area contributed by atoms with Gasteiger partial charge in [0.1, 0.15) is 5.82 Å². The van der Waals surface area contributed by atoms with Crippen LogP contribution in [0.4, 0.5) is 5.82 Å². The summed E-state index contributed by atoms with van der Waals surface area (Å²) in [5, 5.41) is 9.48. The van der Waals surface area contributed by atoms with E-state index in [2.05, 4.69) is 16.5 Å². The summed E-state index contributed by atoms with van der Waals surface area (Å²) in [6.45, 7) is 6.41. The van der Waals surface area contributed by atoms with E-state index in [4.69, 9.17) is 0 Å². The predicted octanol–water partition coefficient (Wildman–Crippen LogP) is 2.54. The second-order valence-corrected chi connectivity index (χ2v) is 3.98. The maximum Gasteiger partial charge on any atom is 0.128 e. The zero-order valence-corrected chi connectivity index (χ0v) is 10.1. The highest BCUT2D eigenvalue weighted by Crippen LogP contribution is 2.17. The predicted molar refractivity (Wildman–Crippen MR) is 67.6 cm³/mol. The first-order valence-electron chi connectivity index (χ1n) is 5.61. The summed E-state index contributed by atoms with van der Waals surface area (Å²) in [7, 11) is 2.01. The van der Waals surface area contributed by atoms with Crippen molar-refractivity contribution >= 4 is 5.82 Å². The van der Waals surface area contributed by atoms with Gasteiger partial charge in [0.2, 0.25) is 0 Å². The van der Waals surface area contributed by atoms with Gasteiger partial charge in [0, 0.05) is 19.8 Å². The summed E-state index contributed by atoms with van der Waals surface area (Å²) in [6, 6.07) is 3.77. The SMILES string of the molecule is C=CCCCN(C)c1cc(C(C)O)ccn1. The van der Waals surface area contributed by atoms with Gasteiger partial charge in [-0.15, -0.1) is 6.58 Å². The van der Waals surface area contributed by atoms with Crippen molar-refractivity contribution in [1.82, 2.24) is 4.98 Å². The van der Waals surface area contributed by atoms with Crippen LogP contribution in [0.1, 0.15) is 31.4 Å². The average Bonchev–Trinajstić information content (AvgIpc) is 2.29. The molecule has 1 rings (SSSR count). The summed E-state index contributed by atoms with van der Waals surface area (Å²) in [4.78, 5) is 6.38. The van der Waals surface area contributed by atoms with Crippen LogP contribution in [0.25, 0.3) is 0 Å². The molecule has 0 saturated carbocycles. The normalized spacial score (nSPS) is 12.2. The number of rotatable bonds is 6. The van der Waals surface area contributed by atoms with E-state index in [0.717, 1.165) is 30.8 Å². The van der Waals surface area contributed by atoms with Crippen LogP contribution in [0, 0.1) is 0 Å². The van der Waals surface area contributed by atoms with E-state index in [1.54, 1.807) is 13.1 Å². The van der Waals surface area contributed by atoms with E-state index in [9.17, 15) is 5.11 Å². The van der Waals surface area contributed by atoms with Gasteiger partial charge in [-0.3, -0.25) is 0 Å². The Balaban J connectivity index is 2.64. The molecule has 1 aromatic rings. The van der Waals surface area contributed by atoms with Gasteiger partial charge in [0.15, 0.2) is 0 Å². The van der Waals surface area contributed by atoms with Crippen molar-refractivity contribution in [1.29, 1.82) is 0 Å². The first kappa shape index (κ1) is 12.7. The molecular weight excluding hydrogens is 200 g/mol. The number of unbranched alkanes of at least 4 members (excludes halogenated alkanes) is 1. The first-order valence-corrected chi connectivity index (χ1v) is 5.61. The molecule has 0 saturated heterocycles. The van der Waals surface area contributed by atoms with Crippen LogP contribution in [-0.4, -0.2) is 23.7 Å². The average molecular weight is 220 g/mol. The molecule has 0 amide bonds. The van der Waals surface area contributed by atoms with E-state index in [1.807, 2.05) is 25.3 Å². The quantitative estimate of drug-likeness (QED) is 0.591. The number of hydrogen-bond acceptors (Lipinski definition) is 3. The third-order valence-electron chi connectivity index (χ3n) is 2.54. The fourth-order valence-electron chi connectivity index (χ4n) is 1.49. The van der Waals surface area contributed by atoms with Crippen molar-refractivity contribution in [3.05, 3.63) is 36.5 Å². The molecule has 3 nitrogen and oxygen atoms in total. The molecule has 1 heterocycles. The Morgan fingerprint density at radius 3 is 3.00 bits per heavy atom. The van der Waals surface area contributed by atoms with Crippen molar-refractivity contribution in [2.24, 2.45) is 0 Å². The Kier molecular flexibility index (Phi) is 4.99. The Bertz CT molecular complexity index is 336. The monoisotopic (exact) mass is 220 g/mol. The second kappa shape index (κ2) is 6.28. The van der Waals surface area contributed by atoms with Crippen LogP contribution < -0.4 is 4.90 Å². The lowest BCUT2D eigenvalue weighted by molar-refractivity contribution is 0.199. The first-order chi connectivity index (χ1) is 7.65. The third-order valence-corrected chi connectivity index (χ3v) is 2.54. The van der Waals surface area contributed by atoms with Crippen LogP contribution in [0.5, 0.6) is 0 Å². The topological polar surface area (TPSA) is 36.4 Å². The summed E-state index contributed by atoms with van der Waals surface area (Å²) in [5.41, 5.74) is 0.903. The molecule has 1 unspecified atom stereocenters. The van der Waals surface area contributed by atoms with Gasteiger partial charge in [0.05, 0.1) is 6.10 Å². The molecule has 0 fully saturated rings. The Morgan fingerprint density at radius 1 is 1.62 bits per heavy atom. The van der Waals surface area contributed by atoms with Crippen LogP contribution in [0.15, 0.2) is 31.0 Å². The van der Waals surface area contributed by atoms with Gasteiger partial charge >= 0.3 is 0 Å². The third kappa shape index (κ3) is 3.66. The number of pyridine rings is 1. The molecule has 0 bridgehead atoms. The van der Waals surface area contributed by atoms with Gasteiger partial charge < -0.3 is 10.0 Å². The second-order valence-electron chi connectivity index (χ2n) is 3.98. The van der Waals surface area contributed by atoms with Gasteiger partial charge in [-0.1, -0.05) is 6.08 Å². The van der Waals surface area contributed by atoms with Gasteiger partial charge in [-0.2, -0.15) is 0 Å². The standard InChI is InChI=1S/C13H20N2O/c1-4-5-6-9-15(3)13-10-12(11(2)16)7-8-14-13/h4,7-8,10-11,16H,1,5-6,9H2,2-3H3. The molecular formula is C13H20N2O. The molecule has 88 valence electrons. The highest BCUT2D eigenvalue weighted by Gasteiger charge is 2.05. The smallest absolute Gasteiger partial charge is 0.128 e. The molecule has 0 aromatic carbocycles. The zero-order valence-electron chi connectivity index (χ0n) is 10.1. The van der Waals surface area contributed by atoms with Crippen molar-refractivity contribution in [3.8, 4) is 0 Å². The zero-order chi connectivity index (χ0) is 12.0. The summed E-state index contributed by atoms with van der Waals surface area (Å²) < 4.78 is 0. The van der Waals surface area contributed by atoms with E-state index >= 15 is 0 Å². The van der Waals surface area contributed by atoms with Crippen molar-refractivity contribution < 1.29 is 5.11 Å². The lowest BCUT2D eigenvalue weighted by Gasteiger charge is -2.18. The van der Waals surface area contributed by atoms with Gasteiger partial charge in [0.25, 0.3) is 0 Å². The number of allylic oxidation sites excluding steroid dienone is 1. The minimum Gasteiger partial charge on any atom is -0.389 e. The van der Waals surface area contributed by atoms with E-state index < -0.39 is 6.10 Å². The minimum absolute atomic E-state index is 0.441. The molecule has 0 aliphatic heterocycles. The Hall–Kier alpha value is -1.35. The maximum atomic E-state index is 9.48. The van der Waals surface area contributed by atoms with Gasteiger partial charge in [-0.05, 0) is 37.5 Å². The van der Waals surface area contributed by atoms with Crippen molar-refractivity contribution in [2.45, 2.75) is 25.9 Å². The van der Waals surface area contributed by atoms with E-state index in [-0.39, 0.29) is 0 Å². The largest absolute Gasteiger partial charge is 0.389 e. The number of hydrogen-bond donors (Lipinski definition) is 1. The number of anilines is 1. The van der Waals surface area contributed by atoms with Crippen molar-refractivity contribution in [3.63, 3.8) is 0 Å². The molecule has 0 spiro atoms.